The van der Waals surface area contributed by atoms with Gasteiger partial charge in [0.25, 0.3) is 0 Å². The van der Waals surface area contributed by atoms with Crippen LogP contribution in [0, 0.1) is 5.92 Å². The molecule has 0 spiro atoms. The summed E-state index contributed by atoms with van der Waals surface area (Å²) in [5, 5.41) is 2.70. The number of amides is 1. The van der Waals surface area contributed by atoms with E-state index in [1.165, 1.54) is 0 Å². The molecule has 4 heteroatoms. The summed E-state index contributed by atoms with van der Waals surface area (Å²) in [4.78, 5) is 23.1. The van der Waals surface area contributed by atoms with Crippen molar-refractivity contribution in [3.8, 4) is 0 Å². The second kappa shape index (κ2) is 4.35. The number of nitrogens with one attached hydrogen (secondary N) is 1. The Labute approximate surface area is 93.6 Å². The zero-order chi connectivity index (χ0) is 11.5. The summed E-state index contributed by atoms with van der Waals surface area (Å²) >= 11 is 0. The van der Waals surface area contributed by atoms with E-state index in [2.05, 4.69) is 5.32 Å². The summed E-state index contributed by atoms with van der Waals surface area (Å²) in [7, 11) is 0. The van der Waals surface area contributed by atoms with Gasteiger partial charge in [-0.1, -0.05) is 18.2 Å². The third-order valence-electron chi connectivity index (χ3n) is 2.53. The van der Waals surface area contributed by atoms with Crippen molar-refractivity contribution < 1.29 is 14.3 Å². The van der Waals surface area contributed by atoms with Gasteiger partial charge in [-0.05, 0) is 19.1 Å². The van der Waals surface area contributed by atoms with E-state index in [1.54, 1.807) is 19.1 Å². The molecule has 1 aromatic carbocycles. The van der Waals surface area contributed by atoms with E-state index >= 15 is 0 Å². The lowest BCUT2D eigenvalue weighted by molar-refractivity contribution is -0.145. The molecule has 1 heterocycles. The van der Waals surface area contributed by atoms with Crippen LogP contribution < -0.4 is 5.32 Å². The lowest BCUT2D eigenvalue weighted by Gasteiger charge is -2.07. The first kappa shape index (κ1) is 10.7. The van der Waals surface area contributed by atoms with E-state index in [0.29, 0.717) is 12.1 Å². The summed E-state index contributed by atoms with van der Waals surface area (Å²) in [5.74, 6) is -1.39. The van der Waals surface area contributed by atoms with Crippen molar-refractivity contribution in [3.63, 3.8) is 0 Å². The lowest BCUT2D eigenvalue weighted by atomic mass is 10.0. The van der Waals surface area contributed by atoms with E-state index < -0.39 is 11.9 Å². The molecule has 0 aromatic heterocycles. The molecule has 84 valence electrons. The molecular weight excluding hydrogens is 206 g/mol. The molecule has 16 heavy (non-hydrogen) atoms. The fourth-order valence-corrected chi connectivity index (χ4v) is 1.72. The number of carbonyl (C=O) groups is 2. The molecule has 0 aliphatic carbocycles. The van der Waals surface area contributed by atoms with E-state index in [0.717, 1.165) is 0 Å². The number of rotatable bonds is 2. The van der Waals surface area contributed by atoms with Crippen LogP contribution in [0.3, 0.4) is 0 Å². The van der Waals surface area contributed by atoms with Gasteiger partial charge in [-0.15, -0.1) is 0 Å². The zero-order valence-electron chi connectivity index (χ0n) is 8.97. The number of esters is 1. The Morgan fingerprint density at radius 3 is 2.62 bits per heavy atom. The molecule has 0 radical (unpaired) electrons. The molecule has 1 saturated heterocycles. The van der Waals surface area contributed by atoms with Crippen LogP contribution in [0.5, 0.6) is 0 Å². The van der Waals surface area contributed by atoms with Crippen molar-refractivity contribution in [1.82, 2.24) is 0 Å². The number of ether oxygens (including phenoxy) is 1. The highest BCUT2D eigenvalue weighted by Crippen LogP contribution is 2.22. The van der Waals surface area contributed by atoms with Gasteiger partial charge in [-0.2, -0.15) is 0 Å². The highest BCUT2D eigenvalue weighted by Gasteiger charge is 2.37. The van der Waals surface area contributed by atoms with Crippen LogP contribution >= 0.6 is 0 Å². The Hall–Kier alpha value is -1.84. The topological polar surface area (TPSA) is 55.4 Å². The predicted octanol–water partition coefficient (Wildman–Crippen LogP) is 1.58. The van der Waals surface area contributed by atoms with Crippen molar-refractivity contribution in [3.05, 3.63) is 30.3 Å². The van der Waals surface area contributed by atoms with Crippen molar-refractivity contribution >= 4 is 17.6 Å². The van der Waals surface area contributed by atoms with Crippen molar-refractivity contribution in [2.75, 3.05) is 5.32 Å². The summed E-state index contributed by atoms with van der Waals surface area (Å²) in [6.45, 7) is 1.79. The number of hydrogen-bond acceptors (Lipinski definition) is 3. The average Bonchev–Trinajstić information content (AvgIpc) is 2.59. The quantitative estimate of drug-likeness (QED) is 0.607. The molecular formula is C12H13NO3. The van der Waals surface area contributed by atoms with Gasteiger partial charge in [0.05, 0.1) is 0 Å². The Morgan fingerprint density at radius 2 is 2.06 bits per heavy atom. The molecule has 1 N–H and O–H groups in total. The van der Waals surface area contributed by atoms with Gasteiger partial charge in [0, 0.05) is 12.1 Å². The molecule has 2 rings (SSSR count). The second-order valence-corrected chi connectivity index (χ2v) is 3.89. The summed E-state index contributed by atoms with van der Waals surface area (Å²) in [6, 6.07) is 9.07. The zero-order valence-corrected chi connectivity index (χ0v) is 8.97. The van der Waals surface area contributed by atoms with Gasteiger partial charge in [0.2, 0.25) is 5.91 Å². The number of carbonyl (C=O) groups excluding carboxylic acids is 2. The first-order valence-electron chi connectivity index (χ1n) is 5.23. The fourth-order valence-electron chi connectivity index (χ4n) is 1.72. The minimum atomic E-state index is -0.671. The Kier molecular flexibility index (Phi) is 2.90. The number of para-hydroxylation sites is 1. The van der Waals surface area contributed by atoms with Crippen LogP contribution in [0.15, 0.2) is 30.3 Å². The van der Waals surface area contributed by atoms with Gasteiger partial charge < -0.3 is 10.1 Å². The van der Waals surface area contributed by atoms with Gasteiger partial charge in [0.15, 0.2) is 0 Å². The molecule has 1 aliphatic rings. The third-order valence-corrected chi connectivity index (χ3v) is 2.53. The standard InChI is InChI=1S/C12H13NO3/c1-8-7-10(12(15)16-8)11(14)13-9-5-3-2-4-6-9/h2-6,8,10H,7H2,1H3,(H,13,14)/t8-,10+/m0/s1. The summed E-state index contributed by atoms with van der Waals surface area (Å²) in [6.07, 6.45) is 0.288. The molecule has 2 atom stereocenters. The number of benzene rings is 1. The van der Waals surface area contributed by atoms with Crippen LogP contribution in [0.25, 0.3) is 0 Å². The molecule has 1 fully saturated rings. The Morgan fingerprint density at radius 1 is 1.38 bits per heavy atom. The maximum absolute atomic E-state index is 11.8. The Balaban J connectivity index is 2.01. The number of hydrogen-bond donors (Lipinski definition) is 1. The van der Waals surface area contributed by atoms with E-state index in [1.807, 2.05) is 18.2 Å². The monoisotopic (exact) mass is 219 g/mol. The van der Waals surface area contributed by atoms with Gasteiger partial charge in [0.1, 0.15) is 12.0 Å². The minimum Gasteiger partial charge on any atom is -0.462 e. The van der Waals surface area contributed by atoms with E-state index in [4.69, 9.17) is 4.74 Å². The lowest BCUT2D eigenvalue weighted by Crippen LogP contribution is -2.26. The van der Waals surface area contributed by atoms with E-state index in [9.17, 15) is 9.59 Å². The predicted molar refractivity (Wildman–Crippen MR) is 58.7 cm³/mol. The summed E-state index contributed by atoms with van der Waals surface area (Å²) in [5.41, 5.74) is 0.694. The maximum Gasteiger partial charge on any atom is 0.318 e. The van der Waals surface area contributed by atoms with E-state index in [-0.39, 0.29) is 12.0 Å². The molecule has 1 aliphatic heterocycles. The van der Waals surface area contributed by atoms with Crippen LogP contribution in [0.2, 0.25) is 0 Å². The highest BCUT2D eigenvalue weighted by atomic mass is 16.5. The first-order valence-corrected chi connectivity index (χ1v) is 5.23. The second-order valence-electron chi connectivity index (χ2n) is 3.89. The molecule has 4 nitrogen and oxygen atoms in total. The van der Waals surface area contributed by atoms with Gasteiger partial charge in [-0.3, -0.25) is 9.59 Å². The van der Waals surface area contributed by atoms with Crippen LogP contribution in [0.1, 0.15) is 13.3 Å². The summed E-state index contributed by atoms with van der Waals surface area (Å²) < 4.78 is 4.93. The Bertz CT molecular complexity index is 402. The molecule has 0 bridgehead atoms. The first-order chi connectivity index (χ1) is 7.66. The van der Waals surface area contributed by atoms with Crippen molar-refractivity contribution in [2.45, 2.75) is 19.4 Å². The van der Waals surface area contributed by atoms with Gasteiger partial charge >= 0.3 is 5.97 Å². The fraction of sp³-hybridized carbons (Fsp3) is 0.333. The van der Waals surface area contributed by atoms with Crippen LogP contribution in [-0.4, -0.2) is 18.0 Å². The number of cyclic esters (lactones) is 1. The third kappa shape index (κ3) is 2.21. The molecule has 1 amide bonds. The van der Waals surface area contributed by atoms with Crippen molar-refractivity contribution in [1.29, 1.82) is 0 Å². The van der Waals surface area contributed by atoms with Crippen LogP contribution in [0.4, 0.5) is 5.69 Å². The normalized spacial score (nSPS) is 23.9. The SMILES string of the molecule is C[C@H]1C[C@H](C(=O)Nc2ccccc2)C(=O)O1. The highest BCUT2D eigenvalue weighted by molar-refractivity contribution is 6.05. The van der Waals surface area contributed by atoms with Crippen molar-refractivity contribution in [2.24, 2.45) is 5.92 Å². The van der Waals surface area contributed by atoms with Crippen LogP contribution in [-0.2, 0) is 14.3 Å². The van der Waals surface area contributed by atoms with Gasteiger partial charge in [-0.25, -0.2) is 0 Å². The molecule has 1 aromatic rings. The minimum absolute atomic E-state index is 0.168. The molecule has 0 saturated carbocycles. The average molecular weight is 219 g/mol. The molecule has 0 unspecified atom stereocenters. The maximum atomic E-state index is 11.8. The number of anilines is 1. The largest absolute Gasteiger partial charge is 0.462 e. The smallest absolute Gasteiger partial charge is 0.318 e.